The van der Waals surface area contributed by atoms with Gasteiger partial charge in [0.1, 0.15) is 0 Å². The minimum Gasteiger partial charge on any atom is -0.481 e. The Kier molecular flexibility index (Phi) is 2.74. The molecule has 3 N–H and O–H groups in total. The molecule has 2 rings (SSSR count). The predicted molar refractivity (Wildman–Crippen MR) is 63.0 cm³/mol. The number of carboxylic acids is 1. The molecule has 0 saturated heterocycles. The van der Waals surface area contributed by atoms with Crippen molar-refractivity contribution in [1.82, 2.24) is 9.97 Å². The van der Waals surface area contributed by atoms with Crippen molar-refractivity contribution in [3.05, 3.63) is 28.4 Å². The SMILES string of the molecule is Nc1nc(CC(=O)O)c2cccc(Br)c2n1. The number of halogens is 1. The van der Waals surface area contributed by atoms with Gasteiger partial charge in [0.15, 0.2) is 0 Å². The number of aliphatic carboxylic acids is 1. The highest BCUT2D eigenvalue weighted by atomic mass is 79.9. The number of aromatic nitrogens is 2. The molecular formula is C10H8BrN3O2. The normalized spacial score (nSPS) is 10.6. The van der Waals surface area contributed by atoms with Crippen LogP contribution in [0.25, 0.3) is 10.9 Å². The van der Waals surface area contributed by atoms with Crippen molar-refractivity contribution >= 4 is 38.8 Å². The molecule has 0 unspecified atom stereocenters. The second kappa shape index (κ2) is 4.05. The van der Waals surface area contributed by atoms with E-state index in [1.807, 2.05) is 6.07 Å². The van der Waals surface area contributed by atoms with E-state index in [4.69, 9.17) is 10.8 Å². The van der Waals surface area contributed by atoms with E-state index in [1.165, 1.54) is 0 Å². The number of carbonyl (C=O) groups is 1. The van der Waals surface area contributed by atoms with Gasteiger partial charge >= 0.3 is 5.97 Å². The summed E-state index contributed by atoms with van der Waals surface area (Å²) in [5, 5.41) is 9.47. The Balaban J connectivity index is 2.72. The summed E-state index contributed by atoms with van der Waals surface area (Å²) in [7, 11) is 0. The number of benzene rings is 1. The Morgan fingerprint density at radius 1 is 1.44 bits per heavy atom. The molecule has 0 fully saturated rings. The van der Waals surface area contributed by atoms with E-state index in [0.29, 0.717) is 16.6 Å². The Morgan fingerprint density at radius 2 is 2.19 bits per heavy atom. The lowest BCUT2D eigenvalue weighted by Crippen LogP contribution is -2.06. The summed E-state index contributed by atoms with van der Waals surface area (Å²) in [5.41, 5.74) is 6.59. The van der Waals surface area contributed by atoms with Crippen LogP contribution in [0.2, 0.25) is 0 Å². The molecule has 0 radical (unpaired) electrons. The van der Waals surface area contributed by atoms with Crippen LogP contribution in [0.5, 0.6) is 0 Å². The van der Waals surface area contributed by atoms with Gasteiger partial charge in [0, 0.05) is 9.86 Å². The molecule has 0 spiro atoms. The molecule has 16 heavy (non-hydrogen) atoms. The summed E-state index contributed by atoms with van der Waals surface area (Å²) in [6.07, 6.45) is -0.167. The van der Waals surface area contributed by atoms with Crippen molar-refractivity contribution in [2.45, 2.75) is 6.42 Å². The standard InChI is InChI=1S/C10H8BrN3O2/c11-6-3-1-2-5-7(4-8(15)16)13-10(12)14-9(5)6/h1-3H,4H2,(H,15,16)(H2,12,13,14). The van der Waals surface area contributed by atoms with Crippen molar-refractivity contribution in [3.8, 4) is 0 Å². The van der Waals surface area contributed by atoms with Gasteiger partial charge in [0.2, 0.25) is 5.95 Å². The van der Waals surface area contributed by atoms with Gasteiger partial charge in [-0.15, -0.1) is 0 Å². The van der Waals surface area contributed by atoms with Crippen LogP contribution in [0.15, 0.2) is 22.7 Å². The van der Waals surface area contributed by atoms with Crippen LogP contribution in [0.3, 0.4) is 0 Å². The van der Waals surface area contributed by atoms with E-state index in [9.17, 15) is 4.79 Å². The molecular weight excluding hydrogens is 274 g/mol. The maximum Gasteiger partial charge on any atom is 0.309 e. The quantitative estimate of drug-likeness (QED) is 0.873. The Bertz CT molecular complexity index is 571. The number of rotatable bonds is 2. The molecule has 2 aromatic rings. The van der Waals surface area contributed by atoms with Crippen LogP contribution in [-0.4, -0.2) is 21.0 Å². The largest absolute Gasteiger partial charge is 0.481 e. The van der Waals surface area contributed by atoms with Gasteiger partial charge in [-0.1, -0.05) is 12.1 Å². The van der Waals surface area contributed by atoms with Gasteiger partial charge in [-0.25, -0.2) is 9.97 Å². The van der Waals surface area contributed by atoms with E-state index in [0.717, 1.165) is 4.47 Å². The number of hydrogen-bond acceptors (Lipinski definition) is 4. The first-order chi connectivity index (χ1) is 7.58. The van der Waals surface area contributed by atoms with Gasteiger partial charge in [0.25, 0.3) is 0 Å². The molecule has 82 valence electrons. The van der Waals surface area contributed by atoms with E-state index in [1.54, 1.807) is 12.1 Å². The second-order valence-corrected chi connectivity index (χ2v) is 4.09. The van der Waals surface area contributed by atoms with E-state index >= 15 is 0 Å². The number of para-hydroxylation sites is 1. The fourth-order valence-corrected chi connectivity index (χ4v) is 1.93. The summed E-state index contributed by atoms with van der Waals surface area (Å²) >= 11 is 3.34. The molecule has 0 saturated carbocycles. The summed E-state index contributed by atoms with van der Waals surface area (Å²) < 4.78 is 0.769. The van der Waals surface area contributed by atoms with E-state index < -0.39 is 5.97 Å². The summed E-state index contributed by atoms with van der Waals surface area (Å²) in [5.74, 6) is -0.866. The zero-order valence-corrected chi connectivity index (χ0v) is 9.73. The minimum absolute atomic E-state index is 0.0793. The van der Waals surface area contributed by atoms with Crippen LogP contribution in [0.1, 0.15) is 5.69 Å². The molecule has 1 aromatic heterocycles. The van der Waals surface area contributed by atoms with Crippen molar-refractivity contribution in [2.75, 3.05) is 5.73 Å². The fraction of sp³-hybridized carbons (Fsp3) is 0.100. The van der Waals surface area contributed by atoms with Crippen molar-refractivity contribution < 1.29 is 9.90 Å². The van der Waals surface area contributed by atoms with E-state index in [-0.39, 0.29) is 12.4 Å². The first kappa shape index (κ1) is 10.8. The molecule has 0 aliphatic carbocycles. The molecule has 0 aliphatic heterocycles. The highest BCUT2D eigenvalue weighted by molar-refractivity contribution is 9.10. The van der Waals surface area contributed by atoms with Crippen LogP contribution >= 0.6 is 15.9 Å². The first-order valence-corrected chi connectivity index (χ1v) is 5.29. The van der Waals surface area contributed by atoms with Gasteiger partial charge in [-0.3, -0.25) is 4.79 Å². The lowest BCUT2D eigenvalue weighted by atomic mass is 10.1. The number of nitrogens with two attached hydrogens (primary N) is 1. The Labute approximate surface area is 99.4 Å². The minimum atomic E-state index is -0.945. The molecule has 1 heterocycles. The molecule has 0 aliphatic rings. The smallest absolute Gasteiger partial charge is 0.309 e. The summed E-state index contributed by atoms with van der Waals surface area (Å²) in [4.78, 5) is 18.7. The third-order valence-electron chi connectivity index (χ3n) is 2.09. The number of anilines is 1. The molecule has 0 amide bonds. The van der Waals surface area contributed by atoms with Crippen molar-refractivity contribution in [1.29, 1.82) is 0 Å². The highest BCUT2D eigenvalue weighted by Crippen LogP contribution is 2.24. The lowest BCUT2D eigenvalue weighted by molar-refractivity contribution is -0.136. The number of hydrogen-bond donors (Lipinski definition) is 2. The first-order valence-electron chi connectivity index (χ1n) is 4.50. The van der Waals surface area contributed by atoms with Gasteiger partial charge < -0.3 is 10.8 Å². The van der Waals surface area contributed by atoms with Gasteiger partial charge in [-0.2, -0.15) is 0 Å². The van der Waals surface area contributed by atoms with E-state index in [2.05, 4.69) is 25.9 Å². The average molecular weight is 282 g/mol. The van der Waals surface area contributed by atoms with Crippen LogP contribution in [-0.2, 0) is 11.2 Å². The zero-order chi connectivity index (χ0) is 11.7. The number of nitrogens with zero attached hydrogens (tertiary/aromatic N) is 2. The third-order valence-corrected chi connectivity index (χ3v) is 2.73. The van der Waals surface area contributed by atoms with Gasteiger partial charge in [0.05, 0.1) is 17.6 Å². The van der Waals surface area contributed by atoms with Crippen LogP contribution < -0.4 is 5.73 Å². The van der Waals surface area contributed by atoms with Crippen molar-refractivity contribution in [3.63, 3.8) is 0 Å². The lowest BCUT2D eigenvalue weighted by Gasteiger charge is -2.05. The fourth-order valence-electron chi connectivity index (χ4n) is 1.48. The monoisotopic (exact) mass is 281 g/mol. The highest BCUT2D eigenvalue weighted by Gasteiger charge is 2.11. The molecule has 5 nitrogen and oxygen atoms in total. The van der Waals surface area contributed by atoms with Crippen molar-refractivity contribution in [2.24, 2.45) is 0 Å². The molecule has 0 bridgehead atoms. The Morgan fingerprint density at radius 3 is 2.88 bits per heavy atom. The maximum atomic E-state index is 10.7. The molecule has 1 aromatic carbocycles. The van der Waals surface area contributed by atoms with Crippen LogP contribution in [0, 0.1) is 0 Å². The van der Waals surface area contributed by atoms with Crippen LogP contribution in [0.4, 0.5) is 5.95 Å². The molecule has 0 atom stereocenters. The Hall–Kier alpha value is -1.69. The van der Waals surface area contributed by atoms with Gasteiger partial charge in [-0.05, 0) is 22.0 Å². The zero-order valence-electron chi connectivity index (χ0n) is 8.14. The topological polar surface area (TPSA) is 89.1 Å². The third kappa shape index (κ3) is 1.96. The number of carboxylic acid groups (broad SMARTS) is 1. The number of nitrogen functional groups attached to an aromatic ring is 1. The average Bonchev–Trinajstić information content (AvgIpc) is 2.18. The molecule has 6 heteroatoms. The number of fused-ring (bicyclic) bond motifs is 1. The predicted octanol–water partition coefficient (Wildman–Crippen LogP) is 1.60. The summed E-state index contributed by atoms with van der Waals surface area (Å²) in [6.45, 7) is 0. The maximum absolute atomic E-state index is 10.7. The second-order valence-electron chi connectivity index (χ2n) is 3.24. The summed E-state index contributed by atoms with van der Waals surface area (Å²) in [6, 6.07) is 5.40.